The van der Waals surface area contributed by atoms with Gasteiger partial charge in [-0.3, -0.25) is 9.59 Å². The number of piperidine rings is 1. The number of carbonyl (C=O) groups is 3. The molecule has 3 rings (SSSR count). The van der Waals surface area contributed by atoms with Gasteiger partial charge in [-0.15, -0.1) is 0 Å². The molecule has 2 heterocycles. The van der Waals surface area contributed by atoms with Gasteiger partial charge in [0.05, 0.1) is 18.3 Å². The average Bonchev–Trinajstić information content (AvgIpc) is 2.88. The number of carbonyl (C=O) groups excluding carboxylic acids is 3. The van der Waals surface area contributed by atoms with E-state index >= 15 is 0 Å². The number of esters is 1. The summed E-state index contributed by atoms with van der Waals surface area (Å²) >= 11 is 0. The zero-order valence-electron chi connectivity index (χ0n) is 23.7. The van der Waals surface area contributed by atoms with Gasteiger partial charge in [-0.1, -0.05) is 20.8 Å². The van der Waals surface area contributed by atoms with Gasteiger partial charge in [-0.25, -0.2) is 4.79 Å². The molecule has 0 aromatic heterocycles. The molecule has 3 N–H and O–H groups in total. The summed E-state index contributed by atoms with van der Waals surface area (Å²) in [5.74, 6) is -5.37. The van der Waals surface area contributed by atoms with Crippen LogP contribution in [0.15, 0.2) is 0 Å². The molecule has 11 atom stereocenters. The third-order valence-corrected chi connectivity index (χ3v) is 9.20. The van der Waals surface area contributed by atoms with Crippen LogP contribution in [0.5, 0.6) is 0 Å². The highest BCUT2D eigenvalue weighted by molar-refractivity contribution is 6.39. The predicted octanol–water partition coefficient (Wildman–Crippen LogP) is 1.81. The van der Waals surface area contributed by atoms with Crippen LogP contribution in [0.1, 0.15) is 79.6 Å². The summed E-state index contributed by atoms with van der Waals surface area (Å²) < 4.78 is 16.7. The fourth-order valence-electron chi connectivity index (χ4n) is 6.22. The number of nitrogens with zero attached hydrogens (tertiary/aromatic N) is 1. The summed E-state index contributed by atoms with van der Waals surface area (Å²) in [5.41, 5.74) is 0. The van der Waals surface area contributed by atoms with Gasteiger partial charge in [0.1, 0.15) is 18.2 Å². The SMILES string of the molecule is COC1C(O)CCC(CC(C)C(C)OC(=O)C2CCCCN2C(=O)C(=O)C2(O)OC(C)C(C)CC2C)C1O. The van der Waals surface area contributed by atoms with Crippen LogP contribution in [-0.4, -0.2) is 93.9 Å². The van der Waals surface area contributed by atoms with Crippen molar-refractivity contribution in [1.82, 2.24) is 4.90 Å². The Hall–Kier alpha value is -1.59. The number of aliphatic hydroxyl groups excluding tert-OH is 2. The molecule has 0 aromatic carbocycles. The second-order valence-corrected chi connectivity index (χ2v) is 11.9. The lowest BCUT2D eigenvalue weighted by Gasteiger charge is -2.43. The lowest BCUT2D eigenvalue weighted by atomic mass is 9.77. The van der Waals surface area contributed by atoms with Gasteiger partial charge in [-0.2, -0.15) is 0 Å². The Morgan fingerprint density at radius 1 is 1.08 bits per heavy atom. The van der Waals surface area contributed by atoms with E-state index in [4.69, 9.17) is 14.2 Å². The lowest BCUT2D eigenvalue weighted by Crippen LogP contribution is -2.61. The number of ether oxygens (including phenoxy) is 3. The molecular formula is C28H47NO9. The number of hydrogen-bond donors (Lipinski definition) is 3. The molecule has 2 aliphatic heterocycles. The molecule has 0 radical (unpaired) electrons. The third kappa shape index (κ3) is 6.41. The highest BCUT2D eigenvalue weighted by Crippen LogP contribution is 2.37. The smallest absolute Gasteiger partial charge is 0.329 e. The van der Waals surface area contributed by atoms with E-state index in [1.807, 2.05) is 13.8 Å². The number of aliphatic hydroxyl groups is 3. The normalized spacial score (nSPS) is 39.8. The van der Waals surface area contributed by atoms with Crippen molar-refractivity contribution in [2.24, 2.45) is 23.7 Å². The molecular weight excluding hydrogens is 494 g/mol. The maximum atomic E-state index is 13.3. The van der Waals surface area contributed by atoms with Gasteiger partial charge in [0.2, 0.25) is 5.79 Å². The largest absolute Gasteiger partial charge is 0.461 e. The molecule has 0 aromatic rings. The van der Waals surface area contributed by atoms with E-state index in [0.717, 1.165) is 0 Å². The zero-order valence-corrected chi connectivity index (χ0v) is 23.7. The molecule has 1 amide bonds. The van der Waals surface area contributed by atoms with E-state index in [1.54, 1.807) is 20.8 Å². The minimum absolute atomic E-state index is 0.0959. The van der Waals surface area contributed by atoms with Gasteiger partial charge < -0.3 is 34.4 Å². The topological polar surface area (TPSA) is 143 Å². The summed E-state index contributed by atoms with van der Waals surface area (Å²) in [6, 6.07) is -0.915. The summed E-state index contributed by atoms with van der Waals surface area (Å²) in [6.07, 6.45) is 0.962. The highest BCUT2D eigenvalue weighted by atomic mass is 16.6. The van der Waals surface area contributed by atoms with E-state index in [2.05, 4.69) is 0 Å². The van der Waals surface area contributed by atoms with Crippen molar-refractivity contribution in [2.45, 2.75) is 122 Å². The maximum absolute atomic E-state index is 13.3. The Bertz CT molecular complexity index is 852. The summed E-state index contributed by atoms with van der Waals surface area (Å²) in [4.78, 5) is 41.0. The monoisotopic (exact) mass is 541 g/mol. The second kappa shape index (κ2) is 12.7. The number of ketones is 1. The highest BCUT2D eigenvalue weighted by Gasteiger charge is 2.53. The standard InChI is InChI=1S/C28H47NO9/c1-15-13-17(3)28(35,38-19(15)5)25(32)26(33)29-12-8-7-9-21(29)27(34)37-18(4)16(2)14-20-10-11-22(30)24(36-6)23(20)31/h15-24,30-31,35H,7-14H2,1-6H3. The van der Waals surface area contributed by atoms with Crippen molar-refractivity contribution in [1.29, 1.82) is 0 Å². The molecule has 2 saturated heterocycles. The van der Waals surface area contributed by atoms with Gasteiger partial charge in [-0.05, 0) is 76.5 Å². The summed E-state index contributed by atoms with van der Waals surface area (Å²) in [5, 5.41) is 31.8. The summed E-state index contributed by atoms with van der Waals surface area (Å²) in [6.45, 7) is 9.37. The minimum atomic E-state index is -2.22. The van der Waals surface area contributed by atoms with Crippen molar-refractivity contribution in [3.63, 3.8) is 0 Å². The number of Topliss-reactive ketones (excluding diaryl/α,β-unsaturated/α-hetero) is 1. The molecule has 3 fully saturated rings. The molecule has 218 valence electrons. The average molecular weight is 542 g/mol. The molecule has 11 unspecified atom stereocenters. The predicted molar refractivity (Wildman–Crippen MR) is 138 cm³/mol. The molecule has 10 nitrogen and oxygen atoms in total. The summed E-state index contributed by atoms with van der Waals surface area (Å²) in [7, 11) is 1.47. The fraction of sp³-hybridized carbons (Fsp3) is 0.893. The van der Waals surface area contributed by atoms with E-state index in [1.165, 1.54) is 12.0 Å². The first-order valence-corrected chi connectivity index (χ1v) is 14.2. The molecule has 38 heavy (non-hydrogen) atoms. The Labute approximate surface area is 226 Å². The first-order valence-electron chi connectivity index (χ1n) is 14.2. The van der Waals surface area contributed by atoms with Gasteiger partial charge in [0.15, 0.2) is 0 Å². The second-order valence-electron chi connectivity index (χ2n) is 11.9. The lowest BCUT2D eigenvalue weighted by molar-refractivity contribution is -0.270. The molecule has 0 bridgehead atoms. The first kappa shape index (κ1) is 30.9. The Kier molecular flexibility index (Phi) is 10.4. The van der Waals surface area contributed by atoms with Gasteiger partial charge >= 0.3 is 5.97 Å². The number of amides is 1. The zero-order chi connectivity index (χ0) is 28.4. The molecule has 0 spiro atoms. The van der Waals surface area contributed by atoms with E-state index in [9.17, 15) is 29.7 Å². The van der Waals surface area contributed by atoms with Crippen molar-refractivity contribution < 1.29 is 43.9 Å². The van der Waals surface area contributed by atoms with Crippen LogP contribution in [0.3, 0.4) is 0 Å². The minimum Gasteiger partial charge on any atom is -0.461 e. The Morgan fingerprint density at radius 2 is 1.76 bits per heavy atom. The van der Waals surface area contributed by atoms with Crippen LogP contribution >= 0.6 is 0 Å². The maximum Gasteiger partial charge on any atom is 0.329 e. The number of rotatable bonds is 8. The van der Waals surface area contributed by atoms with Crippen LogP contribution in [-0.2, 0) is 28.6 Å². The molecule has 1 aliphatic carbocycles. The van der Waals surface area contributed by atoms with Crippen molar-refractivity contribution in [3.8, 4) is 0 Å². The number of hydrogen-bond acceptors (Lipinski definition) is 9. The van der Waals surface area contributed by atoms with E-state index in [-0.39, 0.29) is 30.4 Å². The first-order chi connectivity index (χ1) is 17.8. The fourth-order valence-corrected chi connectivity index (χ4v) is 6.22. The Morgan fingerprint density at radius 3 is 2.42 bits per heavy atom. The van der Waals surface area contributed by atoms with Crippen molar-refractivity contribution in [2.75, 3.05) is 13.7 Å². The van der Waals surface area contributed by atoms with Crippen LogP contribution in [0.2, 0.25) is 0 Å². The quantitative estimate of drug-likeness (QED) is 0.310. The van der Waals surface area contributed by atoms with Crippen LogP contribution in [0, 0.1) is 23.7 Å². The third-order valence-electron chi connectivity index (χ3n) is 9.20. The molecule has 10 heteroatoms. The molecule has 1 saturated carbocycles. The van der Waals surface area contributed by atoms with E-state index < -0.39 is 59.8 Å². The molecule has 3 aliphatic rings. The number of likely N-dealkylation sites (tertiary alicyclic amines) is 1. The van der Waals surface area contributed by atoms with Crippen molar-refractivity contribution >= 4 is 17.7 Å². The Balaban J connectivity index is 1.63. The van der Waals surface area contributed by atoms with Crippen LogP contribution < -0.4 is 0 Å². The van der Waals surface area contributed by atoms with Crippen LogP contribution in [0.25, 0.3) is 0 Å². The number of methoxy groups -OCH3 is 1. The van der Waals surface area contributed by atoms with Gasteiger partial charge in [0, 0.05) is 19.6 Å². The van der Waals surface area contributed by atoms with Crippen molar-refractivity contribution in [3.05, 3.63) is 0 Å². The van der Waals surface area contributed by atoms with Crippen LogP contribution in [0.4, 0.5) is 0 Å². The van der Waals surface area contributed by atoms with E-state index in [0.29, 0.717) is 44.9 Å². The van der Waals surface area contributed by atoms with Gasteiger partial charge in [0.25, 0.3) is 11.7 Å².